The van der Waals surface area contributed by atoms with Crippen LogP contribution in [-0.4, -0.2) is 68.2 Å². The number of hydrogen-bond donors (Lipinski definition) is 2. The fourth-order valence-electron chi connectivity index (χ4n) is 6.20. The van der Waals surface area contributed by atoms with E-state index in [0.29, 0.717) is 24.4 Å². The van der Waals surface area contributed by atoms with Crippen LogP contribution < -0.4 is 20.5 Å². The standard InChI is InChI=1S/C22H24ClF3N2O2.C14H22N2O/c1-14-5-4-12-28(14)13-19(15-8-10-16(30-2)11-9-15)27-21(29)17-6-3-7-18(20(17)23)22(24,25)26;1-11-4-3-9-16(11)10-14(15)12-5-7-13(17-2)8-6-12/h3,6-11,14,19H,4-5,12-13H2,1-2H3,(H,27,29);5-8,11,14H,3-4,9-10,15H2,1-2H3/t14?,19-;11?,14-/m11/s1. The van der Waals surface area contributed by atoms with Crippen LogP contribution in [0.4, 0.5) is 13.2 Å². The molecule has 0 spiro atoms. The van der Waals surface area contributed by atoms with Crippen molar-refractivity contribution in [1.29, 1.82) is 0 Å². The van der Waals surface area contributed by atoms with Crippen LogP contribution in [0.2, 0.25) is 5.02 Å². The molecule has 2 saturated heterocycles. The van der Waals surface area contributed by atoms with Crippen LogP contribution in [0, 0.1) is 0 Å². The van der Waals surface area contributed by atoms with Gasteiger partial charge in [-0.25, -0.2) is 0 Å². The fraction of sp³-hybridized carbons (Fsp3) is 0.472. The second kappa shape index (κ2) is 16.7. The Morgan fingerprint density at radius 1 is 0.872 bits per heavy atom. The molecule has 0 saturated carbocycles. The highest BCUT2D eigenvalue weighted by molar-refractivity contribution is 6.34. The van der Waals surface area contributed by atoms with Crippen molar-refractivity contribution >= 4 is 17.5 Å². The lowest BCUT2D eigenvalue weighted by molar-refractivity contribution is -0.137. The Bertz CT molecular complexity index is 1440. The first-order chi connectivity index (χ1) is 22.4. The summed E-state index contributed by atoms with van der Waals surface area (Å²) < 4.78 is 49.8. The van der Waals surface area contributed by atoms with E-state index in [1.807, 2.05) is 24.3 Å². The summed E-state index contributed by atoms with van der Waals surface area (Å²) in [6.45, 7) is 8.01. The lowest BCUT2D eigenvalue weighted by Gasteiger charge is -2.28. The number of methoxy groups -OCH3 is 2. The third kappa shape index (κ3) is 9.85. The highest BCUT2D eigenvalue weighted by Crippen LogP contribution is 2.36. The number of alkyl halides is 3. The highest BCUT2D eigenvalue weighted by Gasteiger charge is 2.35. The molecule has 5 rings (SSSR count). The number of rotatable bonds is 10. The number of amides is 1. The minimum Gasteiger partial charge on any atom is -0.497 e. The molecule has 2 aliphatic heterocycles. The molecule has 0 aromatic heterocycles. The number of halogens is 4. The summed E-state index contributed by atoms with van der Waals surface area (Å²) in [4.78, 5) is 17.6. The van der Waals surface area contributed by atoms with Crippen LogP contribution in [0.15, 0.2) is 66.7 Å². The number of carbonyl (C=O) groups is 1. The van der Waals surface area contributed by atoms with Crippen molar-refractivity contribution < 1.29 is 27.4 Å². The lowest BCUT2D eigenvalue weighted by atomic mass is 10.0. The molecule has 2 heterocycles. The van der Waals surface area contributed by atoms with Crippen molar-refractivity contribution in [3.63, 3.8) is 0 Å². The zero-order valence-electron chi connectivity index (χ0n) is 27.5. The Kier molecular flexibility index (Phi) is 13.0. The number of nitrogens with one attached hydrogen (secondary N) is 1. The fourth-order valence-corrected chi connectivity index (χ4v) is 6.52. The molecule has 3 aromatic rings. The normalized spacial score (nSPS) is 19.9. The molecule has 47 heavy (non-hydrogen) atoms. The van der Waals surface area contributed by atoms with E-state index in [0.717, 1.165) is 43.3 Å². The first kappa shape index (κ1) is 36.5. The predicted molar refractivity (Wildman–Crippen MR) is 180 cm³/mol. The van der Waals surface area contributed by atoms with Gasteiger partial charge in [0.25, 0.3) is 5.91 Å². The van der Waals surface area contributed by atoms with Gasteiger partial charge in [0.05, 0.1) is 36.4 Å². The van der Waals surface area contributed by atoms with Crippen LogP contribution in [0.5, 0.6) is 11.5 Å². The maximum atomic E-state index is 13.2. The van der Waals surface area contributed by atoms with Gasteiger partial charge in [0.1, 0.15) is 11.5 Å². The molecule has 3 aromatic carbocycles. The first-order valence-electron chi connectivity index (χ1n) is 16.1. The molecule has 11 heteroatoms. The summed E-state index contributed by atoms with van der Waals surface area (Å²) in [5.41, 5.74) is 7.05. The van der Waals surface area contributed by atoms with Gasteiger partial charge < -0.3 is 20.5 Å². The molecule has 2 fully saturated rings. The van der Waals surface area contributed by atoms with Gasteiger partial charge in [0.15, 0.2) is 0 Å². The Balaban J connectivity index is 0.000000248. The van der Waals surface area contributed by atoms with Crippen LogP contribution in [0.1, 0.15) is 78.7 Å². The van der Waals surface area contributed by atoms with Crippen LogP contribution in [-0.2, 0) is 6.18 Å². The van der Waals surface area contributed by atoms with E-state index in [2.05, 4.69) is 41.1 Å². The van der Waals surface area contributed by atoms with Gasteiger partial charge in [-0.15, -0.1) is 0 Å². The largest absolute Gasteiger partial charge is 0.497 e. The van der Waals surface area contributed by atoms with Crippen LogP contribution >= 0.6 is 11.6 Å². The van der Waals surface area contributed by atoms with Gasteiger partial charge in [0.2, 0.25) is 0 Å². The van der Waals surface area contributed by atoms with Crippen molar-refractivity contribution in [1.82, 2.24) is 15.1 Å². The Morgan fingerprint density at radius 2 is 1.38 bits per heavy atom. The molecule has 4 atom stereocenters. The topological polar surface area (TPSA) is 80.1 Å². The van der Waals surface area contributed by atoms with Gasteiger partial charge in [-0.1, -0.05) is 41.9 Å². The molecule has 2 aliphatic rings. The zero-order valence-corrected chi connectivity index (χ0v) is 28.3. The van der Waals surface area contributed by atoms with E-state index in [9.17, 15) is 18.0 Å². The zero-order chi connectivity index (χ0) is 34.1. The number of likely N-dealkylation sites (tertiary alicyclic amines) is 2. The summed E-state index contributed by atoms with van der Waals surface area (Å²) in [7, 11) is 3.25. The third-order valence-corrected chi connectivity index (χ3v) is 9.55. The number of nitrogens with two attached hydrogens (primary N) is 1. The quantitative estimate of drug-likeness (QED) is 0.232. The molecular formula is C36H46ClF3N4O3. The molecule has 3 N–H and O–H groups in total. The van der Waals surface area contributed by atoms with Crippen LogP contribution in [0.3, 0.4) is 0 Å². The molecule has 7 nitrogen and oxygen atoms in total. The van der Waals surface area contributed by atoms with Crippen molar-refractivity contribution in [3.05, 3.63) is 94.0 Å². The summed E-state index contributed by atoms with van der Waals surface area (Å²) in [5, 5.41) is 2.29. The lowest BCUT2D eigenvalue weighted by Crippen LogP contribution is -2.39. The smallest absolute Gasteiger partial charge is 0.417 e. The van der Waals surface area contributed by atoms with E-state index in [1.165, 1.54) is 37.1 Å². The molecule has 256 valence electrons. The van der Waals surface area contributed by atoms with E-state index in [4.69, 9.17) is 26.8 Å². The molecule has 2 unspecified atom stereocenters. The summed E-state index contributed by atoms with van der Waals surface area (Å²) in [6, 6.07) is 19.4. The van der Waals surface area contributed by atoms with Gasteiger partial charge in [-0.05, 0) is 100 Å². The van der Waals surface area contributed by atoms with Crippen molar-refractivity contribution in [2.24, 2.45) is 5.73 Å². The van der Waals surface area contributed by atoms with Crippen molar-refractivity contribution in [2.75, 3.05) is 40.4 Å². The Labute approximate surface area is 281 Å². The third-order valence-electron chi connectivity index (χ3n) is 9.15. The Hall–Kier alpha value is -3.31. The summed E-state index contributed by atoms with van der Waals surface area (Å²) >= 11 is 5.94. The molecule has 0 bridgehead atoms. The van der Waals surface area contributed by atoms with E-state index in [-0.39, 0.29) is 11.6 Å². The minimum atomic E-state index is -4.63. The molecule has 0 radical (unpaired) electrons. The van der Waals surface area contributed by atoms with E-state index >= 15 is 0 Å². The SMILES string of the molecule is COc1ccc([C@@H](CN2CCCC2C)NC(=O)c2cccc(C(F)(F)F)c2Cl)cc1.COc1ccc([C@H](N)CN2CCCC2C)cc1. The Morgan fingerprint density at radius 3 is 1.85 bits per heavy atom. The van der Waals surface area contributed by atoms with E-state index < -0.39 is 28.7 Å². The summed E-state index contributed by atoms with van der Waals surface area (Å²) in [5.74, 6) is 0.925. The van der Waals surface area contributed by atoms with Crippen molar-refractivity contribution in [2.45, 2.75) is 69.9 Å². The van der Waals surface area contributed by atoms with Crippen molar-refractivity contribution in [3.8, 4) is 11.5 Å². The maximum absolute atomic E-state index is 13.2. The van der Waals surface area contributed by atoms with Crippen LogP contribution in [0.25, 0.3) is 0 Å². The van der Waals surface area contributed by atoms with Gasteiger partial charge in [0, 0.05) is 31.2 Å². The minimum absolute atomic E-state index is 0.0986. The second-order valence-electron chi connectivity index (χ2n) is 12.3. The number of nitrogens with zero attached hydrogens (tertiary/aromatic N) is 2. The number of hydrogen-bond acceptors (Lipinski definition) is 6. The number of carbonyl (C=O) groups excluding carboxylic acids is 1. The predicted octanol–water partition coefficient (Wildman–Crippen LogP) is 7.50. The van der Waals surface area contributed by atoms with Gasteiger partial charge >= 0.3 is 6.18 Å². The highest BCUT2D eigenvalue weighted by atomic mass is 35.5. The second-order valence-corrected chi connectivity index (χ2v) is 12.7. The molecule has 0 aliphatic carbocycles. The average molecular weight is 675 g/mol. The average Bonchev–Trinajstić information content (AvgIpc) is 3.66. The molecule has 1 amide bonds. The van der Waals surface area contributed by atoms with Gasteiger partial charge in [-0.3, -0.25) is 14.6 Å². The van der Waals surface area contributed by atoms with E-state index in [1.54, 1.807) is 26.4 Å². The first-order valence-corrected chi connectivity index (χ1v) is 16.5. The monoisotopic (exact) mass is 674 g/mol. The number of ether oxygens (including phenoxy) is 2. The maximum Gasteiger partial charge on any atom is 0.417 e. The summed E-state index contributed by atoms with van der Waals surface area (Å²) in [6.07, 6.45) is 0.117. The number of benzene rings is 3. The molecular weight excluding hydrogens is 629 g/mol. The van der Waals surface area contributed by atoms with Gasteiger partial charge in [-0.2, -0.15) is 13.2 Å².